The van der Waals surface area contributed by atoms with Gasteiger partial charge < -0.3 is 14.6 Å². The molecule has 0 saturated carbocycles. The molecule has 1 N–H and O–H groups in total. The Balaban J connectivity index is 2.78. The van der Waals surface area contributed by atoms with Gasteiger partial charge in [-0.05, 0) is 40.5 Å². The Bertz CT molecular complexity index is 438. The van der Waals surface area contributed by atoms with Crippen LogP contribution in [0.15, 0.2) is 11.6 Å². The van der Waals surface area contributed by atoms with E-state index in [9.17, 15) is 14.7 Å². The van der Waals surface area contributed by atoms with Gasteiger partial charge >= 0.3 is 11.9 Å². The van der Waals surface area contributed by atoms with Crippen LogP contribution in [0.4, 0.5) is 0 Å². The minimum absolute atomic E-state index is 0.164. The molecule has 0 aromatic heterocycles. The van der Waals surface area contributed by atoms with Gasteiger partial charge in [0.1, 0.15) is 5.41 Å². The minimum atomic E-state index is -1.21. The molecule has 0 aromatic carbocycles. The second kappa shape index (κ2) is 6.60. The Morgan fingerprint density at radius 1 is 1.33 bits per heavy atom. The van der Waals surface area contributed by atoms with Crippen LogP contribution in [0.25, 0.3) is 0 Å². The number of esters is 2. The third-order valence-corrected chi connectivity index (χ3v) is 4.62. The highest BCUT2D eigenvalue weighted by molar-refractivity contribution is 5.83. The first kappa shape index (κ1) is 17.7. The number of carbonyl (C=O) groups excluding carboxylic acids is 2. The maximum atomic E-state index is 12.3. The number of rotatable bonds is 6. The molecule has 21 heavy (non-hydrogen) atoms. The largest absolute Gasteiger partial charge is 0.466 e. The van der Waals surface area contributed by atoms with Crippen molar-refractivity contribution >= 4 is 11.9 Å². The Kier molecular flexibility index (Phi) is 5.56. The van der Waals surface area contributed by atoms with Crippen LogP contribution >= 0.6 is 0 Å². The molecule has 5 heteroatoms. The molecule has 0 aliphatic heterocycles. The van der Waals surface area contributed by atoms with Crippen LogP contribution in [0.5, 0.6) is 0 Å². The summed E-state index contributed by atoms with van der Waals surface area (Å²) in [5.41, 5.74) is -1.42. The zero-order chi connectivity index (χ0) is 16.3. The van der Waals surface area contributed by atoms with E-state index >= 15 is 0 Å². The Labute approximate surface area is 126 Å². The summed E-state index contributed by atoms with van der Waals surface area (Å²) < 4.78 is 10.0. The molecule has 0 unspecified atom stereocenters. The summed E-state index contributed by atoms with van der Waals surface area (Å²) in [5.74, 6) is -0.870. The lowest BCUT2D eigenvalue weighted by Crippen LogP contribution is -2.51. The number of carbonyl (C=O) groups is 2. The topological polar surface area (TPSA) is 72.8 Å². The van der Waals surface area contributed by atoms with Crippen molar-refractivity contribution in [3.05, 3.63) is 11.6 Å². The molecule has 0 amide bonds. The zero-order valence-electron chi connectivity index (χ0n) is 13.6. The van der Waals surface area contributed by atoms with Gasteiger partial charge in [-0.3, -0.25) is 9.59 Å². The molecule has 120 valence electrons. The summed E-state index contributed by atoms with van der Waals surface area (Å²) in [6.07, 6.45) is 3.22. The molecule has 3 atom stereocenters. The molecule has 0 saturated heterocycles. The molecule has 0 heterocycles. The number of hydrogen-bond donors (Lipinski definition) is 1. The van der Waals surface area contributed by atoms with E-state index in [1.54, 1.807) is 20.8 Å². The first-order valence-corrected chi connectivity index (χ1v) is 7.39. The number of aliphatic hydroxyl groups is 1. The zero-order valence-corrected chi connectivity index (χ0v) is 13.6. The molecule has 1 rings (SSSR count). The molecular formula is C16H26O5. The fourth-order valence-electron chi connectivity index (χ4n) is 2.93. The van der Waals surface area contributed by atoms with Gasteiger partial charge in [0, 0.05) is 12.8 Å². The van der Waals surface area contributed by atoms with Gasteiger partial charge in [-0.25, -0.2) is 0 Å². The normalized spacial score (nSPS) is 31.7. The van der Waals surface area contributed by atoms with Crippen LogP contribution < -0.4 is 0 Å². The maximum Gasteiger partial charge on any atom is 0.318 e. The fourth-order valence-corrected chi connectivity index (χ4v) is 2.93. The third kappa shape index (κ3) is 3.28. The molecule has 0 bridgehead atoms. The van der Waals surface area contributed by atoms with Crippen LogP contribution in [0.2, 0.25) is 0 Å². The molecule has 0 aromatic rings. The molecule has 0 fully saturated rings. The van der Waals surface area contributed by atoms with E-state index < -0.39 is 17.0 Å². The van der Waals surface area contributed by atoms with E-state index in [2.05, 4.69) is 0 Å². The number of hydrogen-bond acceptors (Lipinski definition) is 5. The average Bonchev–Trinajstić information content (AvgIpc) is 2.56. The summed E-state index contributed by atoms with van der Waals surface area (Å²) in [7, 11) is 0. The highest BCUT2D eigenvalue weighted by Crippen LogP contribution is 2.51. The monoisotopic (exact) mass is 298 g/mol. The van der Waals surface area contributed by atoms with Crippen molar-refractivity contribution in [3.8, 4) is 0 Å². The second-order valence-electron chi connectivity index (χ2n) is 5.93. The van der Waals surface area contributed by atoms with Crippen LogP contribution in [0, 0.1) is 11.3 Å². The molecule has 0 radical (unpaired) electrons. The Morgan fingerprint density at radius 3 is 2.48 bits per heavy atom. The van der Waals surface area contributed by atoms with Gasteiger partial charge in [-0.2, -0.15) is 0 Å². The summed E-state index contributed by atoms with van der Waals surface area (Å²) in [6.45, 7) is 8.97. The SMILES string of the molecule is CCOC(=O)[C@@]1(C)C(C)=C[C@@H](CCCOC(C)=O)[C@@]1(C)O. The Morgan fingerprint density at radius 2 is 1.95 bits per heavy atom. The van der Waals surface area contributed by atoms with Crippen LogP contribution in [0.1, 0.15) is 47.5 Å². The quantitative estimate of drug-likeness (QED) is 0.462. The van der Waals surface area contributed by atoms with Gasteiger partial charge in [0.2, 0.25) is 0 Å². The van der Waals surface area contributed by atoms with Gasteiger partial charge in [-0.1, -0.05) is 11.6 Å². The Hall–Kier alpha value is -1.36. The standard InChI is InChI=1S/C16H26O5/c1-6-20-14(18)15(4)11(2)10-13(16(15,5)19)8-7-9-21-12(3)17/h10,13,19H,6-9H2,1-5H3/t13-,15-,16-/m1/s1. The highest BCUT2D eigenvalue weighted by atomic mass is 16.5. The maximum absolute atomic E-state index is 12.3. The first-order valence-electron chi connectivity index (χ1n) is 7.39. The minimum Gasteiger partial charge on any atom is -0.466 e. The van der Waals surface area contributed by atoms with Gasteiger partial charge in [0.15, 0.2) is 0 Å². The third-order valence-electron chi connectivity index (χ3n) is 4.62. The lowest BCUT2D eigenvalue weighted by atomic mass is 9.69. The van der Waals surface area contributed by atoms with E-state index in [0.29, 0.717) is 19.4 Å². The molecule has 1 aliphatic rings. The molecule has 0 spiro atoms. The van der Waals surface area contributed by atoms with Crippen LogP contribution in [-0.4, -0.2) is 35.9 Å². The summed E-state index contributed by atoms with van der Waals surface area (Å²) in [6, 6.07) is 0. The van der Waals surface area contributed by atoms with Crippen LogP contribution in [-0.2, 0) is 19.1 Å². The van der Waals surface area contributed by atoms with Crippen molar-refractivity contribution < 1.29 is 24.2 Å². The van der Waals surface area contributed by atoms with E-state index in [4.69, 9.17) is 9.47 Å². The van der Waals surface area contributed by atoms with Gasteiger partial charge in [0.05, 0.1) is 18.8 Å². The van der Waals surface area contributed by atoms with E-state index in [1.165, 1.54) is 6.92 Å². The smallest absolute Gasteiger partial charge is 0.318 e. The summed E-state index contributed by atoms with van der Waals surface area (Å²) in [5, 5.41) is 10.9. The predicted octanol–water partition coefficient (Wildman–Crippen LogP) is 2.23. The van der Waals surface area contributed by atoms with Crippen molar-refractivity contribution in [1.29, 1.82) is 0 Å². The first-order chi connectivity index (χ1) is 9.67. The predicted molar refractivity (Wildman–Crippen MR) is 78.5 cm³/mol. The van der Waals surface area contributed by atoms with E-state index in [0.717, 1.165) is 5.57 Å². The molecule has 1 aliphatic carbocycles. The molecule has 5 nitrogen and oxygen atoms in total. The van der Waals surface area contributed by atoms with Crippen molar-refractivity contribution in [1.82, 2.24) is 0 Å². The van der Waals surface area contributed by atoms with Crippen molar-refractivity contribution in [2.45, 2.75) is 53.1 Å². The lowest BCUT2D eigenvalue weighted by Gasteiger charge is -2.39. The highest BCUT2D eigenvalue weighted by Gasteiger charge is 2.58. The summed E-state index contributed by atoms with van der Waals surface area (Å²) >= 11 is 0. The second-order valence-corrected chi connectivity index (χ2v) is 5.93. The van der Waals surface area contributed by atoms with Crippen molar-refractivity contribution in [3.63, 3.8) is 0 Å². The van der Waals surface area contributed by atoms with Crippen LogP contribution in [0.3, 0.4) is 0 Å². The molecular weight excluding hydrogens is 272 g/mol. The van der Waals surface area contributed by atoms with Gasteiger partial charge in [0.25, 0.3) is 0 Å². The van der Waals surface area contributed by atoms with E-state index in [1.807, 2.05) is 13.0 Å². The summed E-state index contributed by atoms with van der Waals surface area (Å²) in [4.78, 5) is 23.0. The van der Waals surface area contributed by atoms with Crippen molar-refractivity contribution in [2.24, 2.45) is 11.3 Å². The van der Waals surface area contributed by atoms with Gasteiger partial charge in [-0.15, -0.1) is 0 Å². The van der Waals surface area contributed by atoms with E-state index in [-0.39, 0.29) is 18.5 Å². The van der Waals surface area contributed by atoms with Crippen molar-refractivity contribution in [2.75, 3.05) is 13.2 Å². The average molecular weight is 298 g/mol. The lowest BCUT2D eigenvalue weighted by molar-refractivity contribution is -0.167. The fraction of sp³-hybridized carbons (Fsp3) is 0.750. The number of ether oxygens (including phenoxy) is 2.